The lowest BCUT2D eigenvalue weighted by atomic mass is 10.0. The fraction of sp³-hybridized carbons (Fsp3) is 0.333. The van der Waals surface area contributed by atoms with Crippen molar-refractivity contribution in [1.29, 1.82) is 0 Å². The van der Waals surface area contributed by atoms with Gasteiger partial charge in [0.25, 0.3) is 0 Å². The topological polar surface area (TPSA) is 46.2 Å². The molecule has 1 aliphatic rings. The Labute approximate surface area is 146 Å². The van der Waals surface area contributed by atoms with Gasteiger partial charge in [-0.25, -0.2) is 13.1 Å². The van der Waals surface area contributed by atoms with Crippen LogP contribution in [0.5, 0.6) is 0 Å². The number of benzene rings is 2. The molecule has 23 heavy (non-hydrogen) atoms. The quantitative estimate of drug-likeness (QED) is 0.852. The van der Waals surface area contributed by atoms with E-state index in [1.165, 1.54) is 11.1 Å². The minimum Gasteiger partial charge on any atom is -0.207 e. The second-order valence-electron chi connectivity index (χ2n) is 6.33. The monoisotopic (exact) mass is 393 g/mol. The first kappa shape index (κ1) is 16.7. The van der Waals surface area contributed by atoms with Crippen molar-refractivity contribution in [3.8, 4) is 0 Å². The van der Waals surface area contributed by atoms with Crippen LogP contribution >= 0.6 is 15.9 Å². The molecule has 3 nitrogen and oxygen atoms in total. The number of nitrogens with one attached hydrogen (secondary N) is 1. The maximum atomic E-state index is 12.8. The molecule has 1 atom stereocenters. The largest absolute Gasteiger partial charge is 0.241 e. The van der Waals surface area contributed by atoms with Gasteiger partial charge in [-0.05, 0) is 53.6 Å². The van der Waals surface area contributed by atoms with E-state index in [2.05, 4.69) is 32.8 Å². The van der Waals surface area contributed by atoms with Crippen LogP contribution in [0.4, 0.5) is 0 Å². The van der Waals surface area contributed by atoms with E-state index >= 15 is 0 Å². The molecular formula is C18H20BrNO2S. The van der Waals surface area contributed by atoms with Gasteiger partial charge in [0.2, 0.25) is 10.0 Å². The number of hydrogen-bond acceptors (Lipinski definition) is 2. The molecule has 1 unspecified atom stereocenters. The van der Waals surface area contributed by atoms with Crippen LogP contribution in [-0.2, 0) is 22.9 Å². The third-order valence-corrected chi connectivity index (χ3v) is 6.34. The Bertz CT molecular complexity index is 831. The van der Waals surface area contributed by atoms with Crippen molar-refractivity contribution in [3.05, 3.63) is 63.6 Å². The van der Waals surface area contributed by atoms with E-state index in [9.17, 15) is 8.42 Å². The van der Waals surface area contributed by atoms with Crippen LogP contribution < -0.4 is 4.72 Å². The summed E-state index contributed by atoms with van der Waals surface area (Å²) in [6.45, 7) is 4.02. The molecule has 5 heteroatoms. The van der Waals surface area contributed by atoms with Crippen LogP contribution in [0, 0.1) is 0 Å². The predicted octanol–water partition coefficient (Wildman–Crippen LogP) is 4.02. The Morgan fingerprint density at radius 2 is 1.78 bits per heavy atom. The van der Waals surface area contributed by atoms with Gasteiger partial charge in [0, 0.05) is 10.5 Å². The molecule has 2 aromatic carbocycles. The summed E-state index contributed by atoms with van der Waals surface area (Å²) in [5.41, 5.74) is 3.29. The molecule has 1 N–H and O–H groups in total. The molecule has 0 saturated carbocycles. The molecule has 0 saturated heterocycles. The molecule has 0 fully saturated rings. The number of halogens is 1. The zero-order valence-electron chi connectivity index (χ0n) is 13.2. The molecule has 0 heterocycles. The average Bonchev–Trinajstić information content (AvgIpc) is 2.87. The van der Waals surface area contributed by atoms with E-state index in [1.807, 2.05) is 32.0 Å². The van der Waals surface area contributed by atoms with Crippen LogP contribution in [0.1, 0.15) is 36.5 Å². The Hall–Kier alpha value is -1.17. The average molecular weight is 394 g/mol. The highest BCUT2D eigenvalue weighted by Crippen LogP contribution is 2.28. The highest BCUT2D eigenvalue weighted by molar-refractivity contribution is 9.10. The van der Waals surface area contributed by atoms with Crippen molar-refractivity contribution in [2.45, 2.75) is 43.5 Å². The summed E-state index contributed by atoms with van der Waals surface area (Å²) in [6.07, 6.45) is 1.48. The zero-order valence-corrected chi connectivity index (χ0v) is 15.6. The SMILES string of the molecule is CC(C)c1ccccc1S(=O)(=O)NC1Cc2ccc(Br)cc2C1. The summed E-state index contributed by atoms with van der Waals surface area (Å²) in [7, 11) is -3.51. The van der Waals surface area contributed by atoms with Gasteiger partial charge >= 0.3 is 0 Å². The van der Waals surface area contributed by atoms with Crippen molar-refractivity contribution < 1.29 is 8.42 Å². The summed E-state index contributed by atoms with van der Waals surface area (Å²) < 4.78 is 29.5. The number of rotatable bonds is 4. The maximum absolute atomic E-state index is 12.8. The lowest BCUT2D eigenvalue weighted by molar-refractivity contribution is 0.553. The van der Waals surface area contributed by atoms with Gasteiger partial charge in [-0.1, -0.05) is 54.0 Å². The standard InChI is InChI=1S/C18H20BrNO2S/c1-12(2)17-5-3-4-6-18(17)23(21,22)20-16-10-13-7-8-15(19)9-14(13)11-16/h3-9,12,16,20H,10-11H2,1-2H3. The molecule has 1 aliphatic carbocycles. The Kier molecular flexibility index (Phi) is 4.63. The Morgan fingerprint density at radius 1 is 1.09 bits per heavy atom. The fourth-order valence-electron chi connectivity index (χ4n) is 3.16. The predicted molar refractivity (Wildman–Crippen MR) is 96.2 cm³/mol. The van der Waals surface area contributed by atoms with E-state index in [4.69, 9.17) is 0 Å². The normalized spacial score (nSPS) is 17.5. The zero-order chi connectivity index (χ0) is 16.6. The lowest BCUT2D eigenvalue weighted by Gasteiger charge is -2.17. The Balaban J connectivity index is 1.84. The van der Waals surface area contributed by atoms with Gasteiger partial charge in [0.15, 0.2) is 0 Å². The maximum Gasteiger partial charge on any atom is 0.241 e. The van der Waals surface area contributed by atoms with Crippen molar-refractivity contribution >= 4 is 26.0 Å². The van der Waals surface area contributed by atoms with Crippen LogP contribution in [0.15, 0.2) is 51.8 Å². The van der Waals surface area contributed by atoms with Gasteiger partial charge < -0.3 is 0 Å². The molecule has 0 bridgehead atoms. The van der Waals surface area contributed by atoms with Gasteiger partial charge in [-0.2, -0.15) is 0 Å². The van der Waals surface area contributed by atoms with Crippen LogP contribution in [0.3, 0.4) is 0 Å². The van der Waals surface area contributed by atoms with Crippen molar-refractivity contribution in [2.24, 2.45) is 0 Å². The highest BCUT2D eigenvalue weighted by atomic mass is 79.9. The number of hydrogen-bond donors (Lipinski definition) is 1. The second-order valence-corrected chi connectivity index (χ2v) is 8.93. The molecule has 0 aromatic heterocycles. The van der Waals surface area contributed by atoms with E-state index in [1.54, 1.807) is 12.1 Å². The smallest absolute Gasteiger partial charge is 0.207 e. The summed E-state index contributed by atoms with van der Waals surface area (Å²) in [4.78, 5) is 0.395. The third kappa shape index (κ3) is 3.52. The molecule has 2 aromatic rings. The molecule has 122 valence electrons. The summed E-state index contributed by atoms with van der Waals surface area (Å²) in [5.74, 6) is 0.166. The van der Waals surface area contributed by atoms with Gasteiger partial charge in [0.1, 0.15) is 0 Å². The Morgan fingerprint density at radius 3 is 2.52 bits per heavy atom. The second kappa shape index (κ2) is 6.38. The van der Waals surface area contributed by atoms with Crippen molar-refractivity contribution in [1.82, 2.24) is 4.72 Å². The van der Waals surface area contributed by atoms with Crippen molar-refractivity contribution in [2.75, 3.05) is 0 Å². The molecule has 0 spiro atoms. The van der Waals surface area contributed by atoms with Crippen LogP contribution in [0.25, 0.3) is 0 Å². The highest BCUT2D eigenvalue weighted by Gasteiger charge is 2.28. The minimum atomic E-state index is -3.51. The first-order valence-corrected chi connectivity index (χ1v) is 10.0. The molecule has 3 rings (SSSR count). The third-order valence-electron chi connectivity index (χ3n) is 4.25. The van der Waals surface area contributed by atoms with Crippen LogP contribution in [0.2, 0.25) is 0 Å². The first-order chi connectivity index (χ1) is 10.9. The number of sulfonamides is 1. The van der Waals surface area contributed by atoms with Gasteiger partial charge in [-0.3, -0.25) is 0 Å². The first-order valence-electron chi connectivity index (χ1n) is 7.75. The minimum absolute atomic E-state index is 0.0791. The lowest BCUT2D eigenvalue weighted by Crippen LogP contribution is -2.35. The molecule has 0 aliphatic heterocycles. The van der Waals surface area contributed by atoms with E-state index in [0.717, 1.165) is 22.9 Å². The number of fused-ring (bicyclic) bond motifs is 1. The van der Waals surface area contributed by atoms with E-state index in [0.29, 0.717) is 4.90 Å². The van der Waals surface area contributed by atoms with Gasteiger partial charge in [-0.15, -0.1) is 0 Å². The van der Waals surface area contributed by atoms with E-state index in [-0.39, 0.29) is 12.0 Å². The molecule has 0 amide bonds. The molecule has 0 radical (unpaired) electrons. The summed E-state index contributed by atoms with van der Waals surface area (Å²) in [6, 6.07) is 13.3. The summed E-state index contributed by atoms with van der Waals surface area (Å²) in [5, 5.41) is 0. The van der Waals surface area contributed by atoms with Gasteiger partial charge in [0.05, 0.1) is 4.90 Å². The van der Waals surface area contributed by atoms with Crippen molar-refractivity contribution in [3.63, 3.8) is 0 Å². The summed E-state index contributed by atoms with van der Waals surface area (Å²) >= 11 is 3.47. The molecular weight excluding hydrogens is 374 g/mol. The van der Waals surface area contributed by atoms with E-state index < -0.39 is 10.0 Å². The fourth-order valence-corrected chi connectivity index (χ4v) is 5.17. The van der Waals surface area contributed by atoms with Crippen LogP contribution in [-0.4, -0.2) is 14.5 Å².